The monoisotopic (exact) mass is 365 g/mol. The highest BCUT2D eigenvalue weighted by Crippen LogP contribution is 2.23. The number of carbonyl (C=O) groups is 1. The highest BCUT2D eigenvalue weighted by molar-refractivity contribution is 5.92. The zero-order valence-corrected chi connectivity index (χ0v) is 15.9. The van der Waals surface area contributed by atoms with Gasteiger partial charge in [-0.2, -0.15) is 5.10 Å². The molecule has 3 aromatic rings. The fourth-order valence-electron chi connectivity index (χ4n) is 2.62. The molecular weight excluding hydrogens is 342 g/mol. The Kier molecular flexibility index (Phi) is 5.40. The third-order valence-electron chi connectivity index (χ3n) is 4.12. The van der Waals surface area contributed by atoms with Crippen molar-refractivity contribution in [2.45, 2.75) is 13.5 Å². The SMILES string of the molecule is COc1ccc(C)cc1-n1ccc(C(=O)NCc2ccc(N(C)C)nc2)n1. The first-order valence-corrected chi connectivity index (χ1v) is 8.59. The molecule has 0 saturated carbocycles. The molecule has 0 aliphatic rings. The van der Waals surface area contributed by atoms with Gasteiger partial charge in [-0.15, -0.1) is 0 Å². The lowest BCUT2D eigenvalue weighted by atomic mass is 10.2. The molecule has 0 atom stereocenters. The van der Waals surface area contributed by atoms with Crippen molar-refractivity contribution in [1.29, 1.82) is 0 Å². The molecule has 0 aliphatic carbocycles. The van der Waals surface area contributed by atoms with Gasteiger partial charge in [-0.25, -0.2) is 9.67 Å². The second kappa shape index (κ2) is 7.90. The molecule has 0 fully saturated rings. The van der Waals surface area contributed by atoms with E-state index in [-0.39, 0.29) is 5.91 Å². The van der Waals surface area contributed by atoms with Gasteiger partial charge in [-0.05, 0) is 42.3 Å². The third kappa shape index (κ3) is 4.25. The first kappa shape index (κ1) is 18.4. The summed E-state index contributed by atoms with van der Waals surface area (Å²) in [6.45, 7) is 2.38. The highest BCUT2D eigenvalue weighted by atomic mass is 16.5. The van der Waals surface area contributed by atoms with Gasteiger partial charge in [0.05, 0.1) is 7.11 Å². The van der Waals surface area contributed by atoms with Crippen molar-refractivity contribution in [2.24, 2.45) is 0 Å². The molecule has 27 heavy (non-hydrogen) atoms. The minimum absolute atomic E-state index is 0.239. The lowest BCUT2D eigenvalue weighted by molar-refractivity contribution is 0.0945. The van der Waals surface area contributed by atoms with Crippen LogP contribution in [0.3, 0.4) is 0 Å². The summed E-state index contributed by atoms with van der Waals surface area (Å²) in [6, 6.07) is 11.4. The number of rotatable bonds is 6. The molecular formula is C20H23N5O2. The van der Waals surface area contributed by atoms with E-state index in [4.69, 9.17) is 4.74 Å². The number of pyridine rings is 1. The molecule has 0 aliphatic heterocycles. The normalized spacial score (nSPS) is 10.5. The Balaban J connectivity index is 1.69. The Morgan fingerprint density at radius 3 is 2.70 bits per heavy atom. The van der Waals surface area contributed by atoms with Crippen LogP contribution in [-0.2, 0) is 6.54 Å². The molecule has 3 rings (SSSR count). The number of nitrogens with one attached hydrogen (secondary N) is 1. The predicted molar refractivity (Wildman–Crippen MR) is 105 cm³/mol. The molecule has 1 amide bonds. The summed E-state index contributed by atoms with van der Waals surface area (Å²) in [6.07, 6.45) is 3.51. The van der Waals surface area contributed by atoms with Crippen LogP contribution in [0.15, 0.2) is 48.8 Å². The fraction of sp³-hybridized carbons (Fsp3) is 0.250. The van der Waals surface area contributed by atoms with Crippen molar-refractivity contribution in [3.63, 3.8) is 0 Å². The maximum Gasteiger partial charge on any atom is 0.272 e. The van der Waals surface area contributed by atoms with Crippen molar-refractivity contribution in [3.8, 4) is 11.4 Å². The zero-order chi connectivity index (χ0) is 19.4. The van der Waals surface area contributed by atoms with Crippen molar-refractivity contribution < 1.29 is 9.53 Å². The Morgan fingerprint density at radius 2 is 2.04 bits per heavy atom. The van der Waals surface area contributed by atoms with Gasteiger partial charge < -0.3 is 15.0 Å². The number of ether oxygens (including phenoxy) is 1. The van der Waals surface area contributed by atoms with Crippen molar-refractivity contribution in [2.75, 3.05) is 26.1 Å². The van der Waals surface area contributed by atoms with Crippen LogP contribution in [0.25, 0.3) is 5.69 Å². The van der Waals surface area contributed by atoms with E-state index >= 15 is 0 Å². The molecule has 0 radical (unpaired) electrons. The second-order valence-corrected chi connectivity index (χ2v) is 6.42. The summed E-state index contributed by atoms with van der Waals surface area (Å²) in [4.78, 5) is 18.7. The summed E-state index contributed by atoms with van der Waals surface area (Å²) in [5, 5.41) is 7.25. The molecule has 0 spiro atoms. The summed E-state index contributed by atoms with van der Waals surface area (Å²) in [7, 11) is 5.48. The maximum absolute atomic E-state index is 12.4. The first-order valence-electron chi connectivity index (χ1n) is 8.59. The van der Waals surface area contributed by atoms with Crippen LogP contribution < -0.4 is 15.0 Å². The van der Waals surface area contributed by atoms with E-state index in [9.17, 15) is 4.79 Å². The average Bonchev–Trinajstić information content (AvgIpc) is 3.16. The molecule has 0 bridgehead atoms. The van der Waals surface area contributed by atoms with Gasteiger partial charge in [0, 0.05) is 33.0 Å². The number of hydrogen-bond donors (Lipinski definition) is 1. The Labute approximate surface area is 158 Å². The van der Waals surface area contributed by atoms with Gasteiger partial charge in [-0.3, -0.25) is 4.79 Å². The number of amides is 1. The van der Waals surface area contributed by atoms with Gasteiger partial charge in [0.15, 0.2) is 5.69 Å². The van der Waals surface area contributed by atoms with E-state index in [2.05, 4.69) is 15.4 Å². The van der Waals surface area contributed by atoms with E-state index in [1.54, 1.807) is 30.3 Å². The van der Waals surface area contributed by atoms with Crippen LogP contribution in [0, 0.1) is 6.92 Å². The number of anilines is 1. The Hall–Kier alpha value is -3.35. The molecule has 7 heteroatoms. The summed E-state index contributed by atoms with van der Waals surface area (Å²) < 4.78 is 7.03. The van der Waals surface area contributed by atoms with Crippen LogP contribution in [-0.4, -0.2) is 41.9 Å². The molecule has 2 heterocycles. The van der Waals surface area contributed by atoms with Crippen molar-refractivity contribution in [3.05, 3.63) is 65.6 Å². The number of carbonyl (C=O) groups excluding carboxylic acids is 1. The average molecular weight is 365 g/mol. The number of nitrogens with zero attached hydrogens (tertiary/aromatic N) is 4. The number of hydrogen-bond acceptors (Lipinski definition) is 5. The summed E-state index contributed by atoms with van der Waals surface area (Å²) in [5.41, 5.74) is 3.14. The number of aryl methyl sites for hydroxylation is 1. The third-order valence-corrected chi connectivity index (χ3v) is 4.12. The Morgan fingerprint density at radius 1 is 1.22 bits per heavy atom. The van der Waals surface area contributed by atoms with Crippen LogP contribution in [0.1, 0.15) is 21.6 Å². The number of methoxy groups -OCH3 is 1. The lowest BCUT2D eigenvalue weighted by Crippen LogP contribution is -2.23. The molecule has 1 N–H and O–H groups in total. The topological polar surface area (TPSA) is 72.3 Å². The molecule has 0 saturated heterocycles. The molecule has 0 unspecified atom stereocenters. The van der Waals surface area contributed by atoms with Crippen LogP contribution in [0.4, 0.5) is 5.82 Å². The highest BCUT2D eigenvalue weighted by Gasteiger charge is 2.12. The largest absolute Gasteiger partial charge is 0.494 e. The van der Waals surface area contributed by atoms with Gasteiger partial charge >= 0.3 is 0 Å². The standard InChI is InChI=1S/C20H23N5O2/c1-14-5-7-18(27-4)17(11-14)25-10-9-16(23-25)20(26)22-13-15-6-8-19(21-12-15)24(2)3/h5-12H,13H2,1-4H3,(H,22,26). The minimum Gasteiger partial charge on any atom is -0.494 e. The van der Waals surface area contributed by atoms with E-state index in [0.717, 1.165) is 22.6 Å². The van der Waals surface area contributed by atoms with Crippen molar-refractivity contribution in [1.82, 2.24) is 20.1 Å². The zero-order valence-electron chi connectivity index (χ0n) is 15.9. The molecule has 140 valence electrons. The smallest absolute Gasteiger partial charge is 0.272 e. The second-order valence-electron chi connectivity index (χ2n) is 6.42. The van der Waals surface area contributed by atoms with Gasteiger partial charge in [0.2, 0.25) is 0 Å². The number of benzene rings is 1. The van der Waals surface area contributed by atoms with Gasteiger partial charge in [0.25, 0.3) is 5.91 Å². The molecule has 1 aromatic carbocycles. The number of aromatic nitrogens is 3. The van der Waals surface area contributed by atoms with Crippen LogP contribution >= 0.6 is 0 Å². The lowest BCUT2D eigenvalue weighted by Gasteiger charge is -2.11. The maximum atomic E-state index is 12.4. The van der Waals surface area contributed by atoms with E-state index < -0.39 is 0 Å². The predicted octanol–water partition coefficient (Wildman–Crippen LogP) is 2.58. The molecule has 2 aromatic heterocycles. The summed E-state index contributed by atoms with van der Waals surface area (Å²) >= 11 is 0. The van der Waals surface area contributed by atoms with E-state index in [0.29, 0.717) is 18.0 Å². The minimum atomic E-state index is -0.239. The van der Waals surface area contributed by atoms with Crippen LogP contribution in [0.2, 0.25) is 0 Å². The Bertz CT molecular complexity index is 932. The fourth-order valence-corrected chi connectivity index (χ4v) is 2.62. The van der Waals surface area contributed by atoms with Gasteiger partial charge in [0.1, 0.15) is 17.3 Å². The van der Waals surface area contributed by atoms with Gasteiger partial charge in [-0.1, -0.05) is 12.1 Å². The first-order chi connectivity index (χ1) is 13.0. The van der Waals surface area contributed by atoms with E-state index in [1.807, 2.05) is 56.3 Å². The van der Waals surface area contributed by atoms with Crippen molar-refractivity contribution >= 4 is 11.7 Å². The quantitative estimate of drug-likeness (QED) is 0.727. The summed E-state index contributed by atoms with van der Waals surface area (Å²) in [5.74, 6) is 1.33. The molecule has 7 nitrogen and oxygen atoms in total. The van der Waals surface area contributed by atoms with E-state index in [1.165, 1.54) is 0 Å². The van der Waals surface area contributed by atoms with Crippen LogP contribution in [0.5, 0.6) is 5.75 Å².